The highest BCUT2D eigenvalue weighted by Gasteiger charge is 2.07. The lowest BCUT2D eigenvalue weighted by atomic mass is 10.0. The summed E-state index contributed by atoms with van der Waals surface area (Å²) in [6, 6.07) is 25.4. The highest BCUT2D eigenvalue weighted by molar-refractivity contribution is 5.89. The van der Waals surface area contributed by atoms with Crippen LogP contribution in [0, 0.1) is 21.4 Å². The largest absolute Gasteiger partial charge is 0.489 e. The van der Waals surface area contributed by atoms with E-state index in [2.05, 4.69) is 6.07 Å². The maximum absolute atomic E-state index is 10.7. The summed E-state index contributed by atoms with van der Waals surface area (Å²) in [6.45, 7) is 0.488. The van der Waals surface area contributed by atoms with Crippen LogP contribution in [0.5, 0.6) is 5.75 Å². The summed E-state index contributed by atoms with van der Waals surface area (Å²) >= 11 is 0. The van der Waals surface area contributed by atoms with Gasteiger partial charge in [0.15, 0.2) is 0 Å². The Hall–Kier alpha value is -3.91. The molecule has 5 heteroatoms. The molecule has 0 fully saturated rings. The van der Waals surface area contributed by atoms with Gasteiger partial charge < -0.3 is 4.74 Å². The standard InChI is InChI=1S/C22H16N2O3/c23-15-20(19-8-10-21(11-9-19)24(25)26)14-17-6-12-22(13-7-17)27-16-18-4-2-1-3-5-18/h1-14H,16H2/b20-14+. The SMILES string of the molecule is N#C/C(=C\c1ccc(OCc2ccccc2)cc1)c1ccc([N+](=O)[O-])cc1. The number of benzene rings is 3. The highest BCUT2D eigenvalue weighted by atomic mass is 16.6. The second-order valence-corrected chi connectivity index (χ2v) is 5.82. The first-order chi connectivity index (χ1) is 13.2. The van der Waals surface area contributed by atoms with Gasteiger partial charge in [0.05, 0.1) is 16.6 Å². The van der Waals surface area contributed by atoms with Gasteiger partial charge in [-0.25, -0.2) is 0 Å². The smallest absolute Gasteiger partial charge is 0.269 e. The van der Waals surface area contributed by atoms with Crippen LogP contribution in [0.3, 0.4) is 0 Å². The van der Waals surface area contributed by atoms with Crippen LogP contribution in [0.1, 0.15) is 16.7 Å². The van der Waals surface area contributed by atoms with E-state index in [4.69, 9.17) is 4.74 Å². The number of hydrogen-bond acceptors (Lipinski definition) is 4. The molecular formula is C22H16N2O3. The summed E-state index contributed by atoms with van der Waals surface area (Å²) in [4.78, 5) is 10.3. The molecule has 0 atom stereocenters. The Morgan fingerprint density at radius 2 is 1.67 bits per heavy atom. The Labute approximate surface area is 156 Å². The minimum atomic E-state index is -0.465. The van der Waals surface area contributed by atoms with Crippen molar-refractivity contribution in [3.8, 4) is 11.8 Å². The molecule has 0 N–H and O–H groups in total. The third-order valence-electron chi connectivity index (χ3n) is 3.95. The Kier molecular flexibility index (Phi) is 5.60. The molecule has 0 saturated carbocycles. The van der Waals surface area contributed by atoms with Crippen molar-refractivity contribution in [3.63, 3.8) is 0 Å². The molecule has 0 unspecified atom stereocenters. The second kappa shape index (κ2) is 8.45. The normalized spacial score (nSPS) is 10.9. The van der Waals surface area contributed by atoms with Crippen LogP contribution < -0.4 is 4.74 Å². The Bertz CT molecular complexity index is 986. The first-order valence-corrected chi connectivity index (χ1v) is 8.29. The van der Waals surface area contributed by atoms with Crippen LogP contribution >= 0.6 is 0 Å². The molecular weight excluding hydrogens is 340 g/mol. The predicted octanol–water partition coefficient (Wildman–Crippen LogP) is 5.24. The van der Waals surface area contributed by atoms with Crippen LogP contribution in [-0.2, 0) is 6.61 Å². The van der Waals surface area contributed by atoms with Gasteiger partial charge in [-0.3, -0.25) is 10.1 Å². The van der Waals surface area contributed by atoms with Gasteiger partial charge in [-0.1, -0.05) is 42.5 Å². The zero-order valence-corrected chi connectivity index (χ0v) is 14.4. The van der Waals surface area contributed by atoms with Crippen LogP contribution in [-0.4, -0.2) is 4.92 Å². The van der Waals surface area contributed by atoms with E-state index in [0.29, 0.717) is 17.7 Å². The van der Waals surface area contributed by atoms with E-state index in [1.807, 2.05) is 54.6 Å². The maximum atomic E-state index is 10.7. The topological polar surface area (TPSA) is 76.2 Å². The molecule has 0 bridgehead atoms. The van der Waals surface area contributed by atoms with Crippen molar-refractivity contribution < 1.29 is 9.66 Å². The van der Waals surface area contributed by atoms with Gasteiger partial charge in [0.1, 0.15) is 12.4 Å². The van der Waals surface area contributed by atoms with Gasteiger partial charge in [0.25, 0.3) is 5.69 Å². The van der Waals surface area contributed by atoms with Crippen LogP contribution in [0.15, 0.2) is 78.9 Å². The molecule has 0 aromatic heterocycles. The minimum absolute atomic E-state index is 0.00374. The molecule has 3 aromatic rings. The molecule has 5 nitrogen and oxygen atoms in total. The molecule has 3 rings (SSSR count). The number of hydrogen-bond donors (Lipinski definition) is 0. The summed E-state index contributed by atoms with van der Waals surface area (Å²) in [7, 11) is 0. The predicted molar refractivity (Wildman–Crippen MR) is 104 cm³/mol. The lowest BCUT2D eigenvalue weighted by Crippen LogP contribution is -1.94. The van der Waals surface area contributed by atoms with E-state index in [-0.39, 0.29) is 5.69 Å². The highest BCUT2D eigenvalue weighted by Crippen LogP contribution is 2.22. The second-order valence-electron chi connectivity index (χ2n) is 5.82. The molecule has 0 radical (unpaired) electrons. The zero-order valence-electron chi connectivity index (χ0n) is 14.4. The van der Waals surface area contributed by atoms with Crippen molar-refractivity contribution in [2.45, 2.75) is 6.61 Å². The Morgan fingerprint density at radius 1 is 1.00 bits per heavy atom. The number of ether oxygens (including phenoxy) is 1. The minimum Gasteiger partial charge on any atom is -0.489 e. The van der Waals surface area contributed by atoms with E-state index < -0.39 is 4.92 Å². The fourth-order valence-corrected chi connectivity index (χ4v) is 2.51. The molecule has 0 saturated heterocycles. The third kappa shape index (κ3) is 4.80. The number of non-ortho nitro benzene ring substituents is 1. The maximum Gasteiger partial charge on any atom is 0.269 e. The Balaban J connectivity index is 1.71. The van der Waals surface area contributed by atoms with Gasteiger partial charge in [0.2, 0.25) is 0 Å². The summed E-state index contributed by atoms with van der Waals surface area (Å²) < 4.78 is 5.75. The van der Waals surface area contributed by atoms with Crippen molar-refractivity contribution >= 4 is 17.3 Å². The quantitative estimate of drug-likeness (QED) is 0.262. The monoisotopic (exact) mass is 356 g/mol. The summed E-state index contributed by atoms with van der Waals surface area (Å²) in [6.07, 6.45) is 1.74. The number of rotatable bonds is 6. The molecule has 0 heterocycles. The van der Waals surface area contributed by atoms with Gasteiger partial charge in [-0.05, 0) is 47.0 Å². The number of nitro benzene ring substituents is 1. The third-order valence-corrected chi connectivity index (χ3v) is 3.95. The molecule has 0 amide bonds. The molecule has 0 aliphatic heterocycles. The van der Waals surface area contributed by atoms with Gasteiger partial charge in [-0.15, -0.1) is 0 Å². The van der Waals surface area contributed by atoms with E-state index in [1.54, 1.807) is 18.2 Å². The number of nitriles is 1. The van der Waals surface area contributed by atoms with Crippen LogP contribution in [0.2, 0.25) is 0 Å². The number of nitro groups is 1. The summed E-state index contributed by atoms with van der Waals surface area (Å²) in [5.74, 6) is 0.741. The number of allylic oxidation sites excluding steroid dienone is 1. The molecule has 0 spiro atoms. The van der Waals surface area contributed by atoms with Crippen LogP contribution in [0.4, 0.5) is 5.69 Å². The van der Waals surface area contributed by atoms with E-state index in [0.717, 1.165) is 16.9 Å². The molecule has 132 valence electrons. The first kappa shape index (κ1) is 17.9. The molecule has 3 aromatic carbocycles. The lowest BCUT2D eigenvalue weighted by Gasteiger charge is -2.06. The van der Waals surface area contributed by atoms with E-state index in [1.165, 1.54) is 12.1 Å². The van der Waals surface area contributed by atoms with Gasteiger partial charge in [-0.2, -0.15) is 5.26 Å². The molecule has 0 aliphatic carbocycles. The van der Waals surface area contributed by atoms with E-state index >= 15 is 0 Å². The summed E-state index contributed by atoms with van der Waals surface area (Å²) in [5, 5.41) is 20.1. The zero-order chi connectivity index (χ0) is 19.1. The van der Waals surface area contributed by atoms with Crippen molar-refractivity contribution in [1.29, 1.82) is 5.26 Å². The van der Waals surface area contributed by atoms with Crippen molar-refractivity contribution in [3.05, 3.63) is 106 Å². The number of nitrogens with zero attached hydrogens (tertiary/aromatic N) is 2. The van der Waals surface area contributed by atoms with Gasteiger partial charge in [0, 0.05) is 12.1 Å². The van der Waals surface area contributed by atoms with Crippen LogP contribution in [0.25, 0.3) is 11.6 Å². The molecule has 27 heavy (non-hydrogen) atoms. The van der Waals surface area contributed by atoms with Crippen molar-refractivity contribution in [2.24, 2.45) is 0 Å². The van der Waals surface area contributed by atoms with Crippen molar-refractivity contribution in [2.75, 3.05) is 0 Å². The van der Waals surface area contributed by atoms with Gasteiger partial charge >= 0.3 is 0 Å². The van der Waals surface area contributed by atoms with Crippen molar-refractivity contribution in [1.82, 2.24) is 0 Å². The average molecular weight is 356 g/mol. The van der Waals surface area contributed by atoms with E-state index in [9.17, 15) is 15.4 Å². The fourth-order valence-electron chi connectivity index (χ4n) is 2.51. The lowest BCUT2D eigenvalue weighted by molar-refractivity contribution is -0.384. The first-order valence-electron chi connectivity index (χ1n) is 8.29. The molecule has 0 aliphatic rings. The Morgan fingerprint density at radius 3 is 2.26 bits per heavy atom. The summed E-state index contributed by atoms with van der Waals surface area (Å²) in [5.41, 5.74) is 3.00. The fraction of sp³-hybridized carbons (Fsp3) is 0.0455. The average Bonchev–Trinajstić information content (AvgIpc) is 2.72.